The topological polar surface area (TPSA) is 39.1 Å². The number of nitrogens with zero attached hydrogens (tertiary/aromatic N) is 2. The highest BCUT2D eigenvalue weighted by Crippen LogP contribution is 2.37. The minimum Gasteiger partial charge on any atom is -0.304 e. The van der Waals surface area contributed by atoms with Crippen molar-refractivity contribution in [2.24, 2.45) is 5.92 Å². The standard InChI is InChI=1S/C10H17N3/c1-12-9(5-11)7-13-6-8-2-3-10(13)4-8/h8-10,12H,2-4,6-7H2,1H3. The van der Waals surface area contributed by atoms with Crippen LogP contribution < -0.4 is 5.32 Å². The van der Waals surface area contributed by atoms with Gasteiger partial charge in [-0.25, -0.2) is 0 Å². The zero-order valence-electron chi connectivity index (χ0n) is 8.16. The van der Waals surface area contributed by atoms with Gasteiger partial charge in [-0.2, -0.15) is 5.26 Å². The van der Waals surface area contributed by atoms with Crippen LogP contribution in [-0.2, 0) is 0 Å². The molecule has 3 atom stereocenters. The maximum absolute atomic E-state index is 8.82. The predicted molar refractivity (Wildman–Crippen MR) is 51.2 cm³/mol. The number of likely N-dealkylation sites (tertiary alicyclic amines) is 1. The lowest BCUT2D eigenvalue weighted by molar-refractivity contribution is 0.204. The molecule has 3 heteroatoms. The van der Waals surface area contributed by atoms with E-state index in [1.807, 2.05) is 7.05 Å². The highest BCUT2D eigenvalue weighted by atomic mass is 15.2. The molecule has 3 unspecified atom stereocenters. The van der Waals surface area contributed by atoms with Crippen LogP contribution in [0.15, 0.2) is 0 Å². The van der Waals surface area contributed by atoms with Gasteiger partial charge in [0, 0.05) is 19.1 Å². The molecule has 0 aromatic rings. The molecule has 2 aliphatic rings. The van der Waals surface area contributed by atoms with Crippen molar-refractivity contribution < 1.29 is 0 Å². The van der Waals surface area contributed by atoms with Crippen LogP contribution in [0.25, 0.3) is 0 Å². The fourth-order valence-electron chi connectivity index (χ4n) is 2.68. The summed E-state index contributed by atoms with van der Waals surface area (Å²) in [5.41, 5.74) is 0. The van der Waals surface area contributed by atoms with Crippen LogP contribution in [0.4, 0.5) is 0 Å². The summed E-state index contributed by atoms with van der Waals surface area (Å²) in [5.74, 6) is 0.932. The molecule has 2 bridgehead atoms. The molecule has 1 saturated heterocycles. The van der Waals surface area contributed by atoms with E-state index in [-0.39, 0.29) is 6.04 Å². The van der Waals surface area contributed by atoms with Gasteiger partial charge in [-0.3, -0.25) is 4.90 Å². The van der Waals surface area contributed by atoms with Gasteiger partial charge in [0.2, 0.25) is 0 Å². The molecular formula is C10H17N3. The average molecular weight is 179 g/mol. The van der Waals surface area contributed by atoms with Crippen molar-refractivity contribution in [3.63, 3.8) is 0 Å². The minimum atomic E-state index is 0.0133. The highest BCUT2D eigenvalue weighted by Gasteiger charge is 2.38. The molecule has 13 heavy (non-hydrogen) atoms. The fourth-order valence-corrected chi connectivity index (χ4v) is 2.68. The summed E-state index contributed by atoms with van der Waals surface area (Å²) < 4.78 is 0. The number of hydrogen-bond donors (Lipinski definition) is 1. The number of fused-ring (bicyclic) bond motifs is 2. The zero-order chi connectivity index (χ0) is 9.26. The first-order valence-electron chi connectivity index (χ1n) is 5.14. The van der Waals surface area contributed by atoms with Crippen molar-refractivity contribution >= 4 is 0 Å². The Balaban J connectivity index is 1.86. The third kappa shape index (κ3) is 1.70. The number of nitrogens with one attached hydrogen (secondary N) is 1. The van der Waals surface area contributed by atoms with E-state index < -0.39 is 0 Å². The number of nitriles is 1. The van der Waals surface area contributed by atoms with E-state index in [4.69, 9.17) is 5.26 Å². The van der Waals surface area contributed by atoms with Gasteiger partial charge in [0.15, 0.2) is 0 Å². The van der Waals surface area contributed by atoms with Crippen molar-refractivity contribution in [2.75, 3.05) is 20.1 Å². The Morgan fingerprint density at radius 2 is 2.46 bits per heavy atom. The number of piperidine rings is 1. The Bertz CT molecular complexity index is 221. The summed E-state index contributed by atoms with van der Waals surface area (Å²) in [6.45, 7) is 2.14. The molecular weight excluding hydrogens is 162 g/mol. The maximum Gasteiger partial charge on any atom is 0.108 e. The van der Waals surface area contributed by atoms with Crippen LogP contribution in [0.3, 0.4) is 0 Å². The summed E-state index contributed by atoms with van der Waals surface area (Å²) in [6, 6.07) is 3.08. The minimum absolute atomic E-state index is 0.0133. The molecule has 0 aromatic heterocycles. The Hall–Kier alpha value is -0.590. The monoisotopic (exact) mass is 179 g/mol. The van der Waals surface area contributed by atoms with Gasteiger partial charge in [0.05, 0.1) is 6.07 Å². The Kier molecular flexibility index (Phi) is 2.52. The van der Waals surface area contributed by atoms with Crippen molar-refractivity contribution in [2.45, 2.75) is 31.3 Å². The van der Waals surface area contributed by atoms with Crippen LogP contribution in [0.2, 0.25) is 0 Å². The second-order valence-electron chi connectivity index (χ2n) is 4.26. The molecule has 1 heterocycles. The summed E-state index contributed by atoms with van der Waals surface area (Å²) in [7, 11) is 1.86. The molecule has 1 N–H and O–H groups in total. The lowest BCUT2D eigenvalue weighted by atomic mass is 10.1. The lowest BCUT2D eigenvalue weighted by Crippen LogP contribution is -2.42. The van der Waals surface area contributed by atoms with Gasteiger partial charge in [-0.05, 0) is 32.2 Å². The number of likely N-dealkylation sites (N-methyl/N-ethyl adjacent to an activating group) is 1. The van der Waals surface area contributed by atoms with Crippen molar-refractivity contribution in [1.29, 1.82) is 5.26 Å². The molecule has 1 aliphatic heterocycles. The van der Waals surface area contributed by atoms with E-state index in [1.54, 1.807) is 0 Å². The van der Waals surface area contributed by atoms with Crippen LogP contribution in [0, 0.1) is 17.2 Å². The fraction of sp³-hybridized carbons (Fsp3) is 0.900. The van der Waals surface area contributed by atoms with E-state index in [0.717, 1.165) is 18.5 Å². The molecule has 1 saturated carbocycles. The highest BCUT2D eigenvalue weighted by molar-refractivity contribution is 4.98. The first-order chi connectivity index (χ1) is 6.33. The molecule has 0 amide bonds. The number of rotatable bonds is 3. The Morgan fingerprint density at radius 1 is 1.62 bits per heavy atom. The molecule has 3 nitrogen and oxygen atoms in total. The molecule has 2 fully saturated rings. The lowest BCUT2D eigenvalue weighted by Gasteiger charge is -2.28. The van der Waals surface area contributed by atoms with E-state index >= 15 is 0 Å². The second kappa shape index (κ2) is 3.65. The van der Waals surface area contributed by atoms with E-state index in [2.05, 4.69) is 16.3 Å². The molecule has 72 valence electrons. The smallest absolute Gasteiger partial charge is 0.108 e. The first kappa shape index (κ1) is 8.98. The third-order valence-electron chi connectivity index (χ3n) is 3.44. The summed E-state index contributed by atoms with van der Waals surface area (Å²) >= 11 is 0. The largest absolute Gasteiger partial charge is 0.304 e. The van der Waals surface area contributed by atoms with Crippen molar-refractivity contribution in [3.8, 4) is 6.07 Å². The maximum atomic E-state index is 8.82. The van der Waals surface area contributed by atoms with Gasteiger partial charge in [-0.1, -0.05) is 0 Å². The summed E-state index contributed by atoms with van der Waals surface area (Å²) in [5, 5.41) is 11.9. The van der Waals surface area contributed by atoms with Gasteiger partial charge >= 0.3 is 0 Å². The third-order valence-corrected chi connectivity index (χ3v) is 3.44. The SMILES string of the molecule is CNC(C#N)CN1CC2CCC1C2. The molecule has 0 aromatic carbocycles. The Labute approximate surface area is 79.7 Å². The molecule has 1 aliphatic carbocycles. The zero-order valence-corrected chi connectivity index (χ0v) is 8.16. The van der Waals surface area contributed by atoms with Crippen LogP contribution in [-0.4, -0.2) is 37.1 Å². The average Bonchev–Trinajstić information content (AvgIpc) is 2.75. The summed E-state index contributed by atoms with van der Waals surface area (Å²) in [6.07, 6.45) is 4.15. The van der Waals surface area contributed by atoms with Gasteiger partial charge < -0.3 is 5.32 Å². The van der Waals surface area contributed by atoms with E-state index in [9.17, 15) is 0 Å². The van der Waals surface area contributed by atoms with Crippen molar-refractivity contribution in [3.05, 3.63) is 0 Å². The van der Waals surface area contributed by atoms with Gasteiger partial charge in [-0.15, -0.1) is 0 Å². The summed E-state index contributed by atoms with van der Waals surface area (Å²) in [4.78, 5) is 2.48. The van der Waals surface area contributed by atoms with Crippen LogP contribution in [0.1, 0.15) is 19.3 Å². The van der Waals surface area contributed by atoms with Crippen LogP contribution >= 0.6 is 0 Å². The van der Waals surface area contributed by atoms with Crippen molar-refractivity contribution in [1.82, 2.24) is 10.2 Å². The second-order valence-corrected chi connectivity index (χ2v) is 4.26. The Morgan fingerprint density at radius 3 is 2.92 bits per heavy atom. The predicted octanol–water partition coefficient (Wildman–Crippen LogP) is 0.582. The van der Waals surface area contributed by atoms with E-state index in [0.29, 0.717) is 0 Å². The molecule has 2 rings (SSSR count). The van der Waals surface area contributed by atoms with Gasteiger partial charge in [0.25, 0.3) is 0 Å². The van der Waals surface area contributed by atoms with Gasteiger partial charge in [0.1, 0.15) is 6.04 Å². The quantitative estimate of drug-likeness (QED) is 0.689. The van der Waals surface area contributed by atoms with E-state index in [1.165, 1.54) is 25.8 Å². The molecule has 0 radical (unpaired) electrons. The first-order valence-corrected chi connectivity index (χ1v) is 5.14. The number of hydrogen-bond acceptors (Lipinski definition) is 3. The van der Waals surface area contributed by atoms with Crippen LogP contribution in [0.5, 0.6) is 0 Å². The normalized spacial score (nSPS) is 34.8. The molecule has 0 spiro atoms.